The van der Waals surface area contributed by atoms with Gasteiger partial charge >= 0.3 is 0 Å². The topological polar surface area (TPSA) is 41.9 Å². The summed E-state index contributed by atoms with van der Waals surface area (Å²) in [6, 6.07) is 9.58. The summed E-state index contributed by atoms with van der Waals surface area (Å²) in [6.07, 6.45) is 2.48. The molecule has 0 saturated carbocycles. The van der Waals surface area contributed by atoms with E-state index >= 15 is 0 Å². The zero-order valence-corrected chi connectivity index (χ0v) is 16.3. The van der Waals surface area contributed by atoms with Crippen LogP contribution in [-0.2, 0) is 12.8 Å². The first kappa shape index (κ1) is 20.6. The highest BCUT2D eigenvalue weighted by Crippen LogP contribution is 2.25. The van der Waals surface area contributed by atoms with Crippen molar-refractivity contribution in [1.29, 1.82) is 0 Å². The van der Waals surface area contributed by atoms with Crippen molar-refractivity contribution in [2.24, 2.45) is 0 Å². The van der Waals surface area contributed by atoms with Crippen LogP contribution in [0.25, 0.3) is 0 Å². The van der Waals surface area contributed by atoms with Gasteiger partial charge in [-0.05, 0) is 74.2 Å². The summed E-state index contributed by atoms with van der Waals surface area (Å²) in [5, 5.41) is 9.74. The molecule has 1 aliphatic heterocycles. The van der Waals surface area contributed by atoms with Gasteiger partial charge in [0.15, 0.2) is 11.6 Å². The highest BCUT2D eigenvalue weighted by atomic mass is 19.1. The van der Waals surface area contributed by atoms with E-state index < -0.39 is 5.82 Å². The average molecular weight is 391 g/mol. The number of rotatable bonds is 8. The maximum atomic E-state index is 13.7. The van der Waals surface area contributed by atoms with Gasteiger partial charge in [0.2, 0.25) is 0 Å². The Labute approximate surface area is 164 Å². The second-order valence-corrected chi connectivity index (χ2v) is 7.34. The van der Waals surface area contributed by atoms with Crippen LogP contribution in [0, 0.1) is 11.6 Å². The first-order chi connectivity index (χ1) is 13.5. The molecule has 1 N–H and O–H groups in total. The minimum absolute atomic E-state index is 0.205. The van der Waals surface area contributed by atoms with Gasteiger partial charge in [-0.2, -0.15) is 0 Å². The van der Waals surface area contributed by atoms with E-state index in [2.05, 4.69) is 4.90 Å². The molecule has 4 nitrogen and oxygen atoms in total. The molecular formula is C22H27F2NO3. The molecule has 28 heavy (non-hydrogen) atoms. The lowest BCUT2D eigenvalue weighted by atomic mass is 10.0. The molecule has 2 aromatic carbocycles. The van der Waals surface area contributed by atoms with Crippen molar-refractivity contribution >= 4 is 0 Å². The largest absolute Gasteiger partial charge is 0.494 e. The smallest absolute Gasteiger partial charge is 0.165 e. The molecule has 1 aliphatic rings. The van der Waals surface area contributed by atoms with Crippen LogP contribution in [0.1, 0.15) is 24.0 Å². The zero-order valence-electron chi connectivity index (χ0n) is 16.3. The van der Waals surface area contributed by atoms with E-state index in [1.807, 2.05) is 7.05 Å². The van der Waals surface area contributed by atoms with E-state index in [-0.39, 0.29) is 17.7 Å². The van der Waals surface area contributed by atoms with E-state index in [9.17, 15) is 13.9 Å². The number of halogens is 2. The summed E-state index contributed by atoms with van der Waals surface area (Å²) in [5.74, 6) is 0.161. The van der Waals surface area contributed by atoms with Gasteiger partial charge < -0.3 is 19.5 Å². The lowest BCUT2D eigenvalue weighted by Gasteiger charge is -2.19. The van der Waals surface area contributed by atoms with Crippen LogP contribution in [0.5, 0.6) is 11.5 Å². The minimum Gasteiger partial charge on any atom is -0.494 e. The Bertz CT molecular complexity index is 799. The van der Waals surface area contributed by atoms with Gasteiger partial charge in [0, 0.05) is 12.6 Å². The number of nitrogens with zero attached hydrogens (tertiary/aromatic N) is 1. The molecular weight excluding hydrogens is 364 g/mol. The molecule has 0 aromatic heterocycles. The Morgan fingerprint density at radius 3 is 2.64 bits per heavy atom. The summed E-state index contributed by atoms with van der Waals surface area (Å²) in [7, 11) is 3.43. The van der Waals surface area contributed by atoms with Crippen molar-refractivity contribution in [2.75, 3.05) is 27.3 Å². The maximum Gasteiger partial charge on any atom is 0.165 e. The number of likely N-dealkylation sites (tertiary alicyclic amines) is 1. The van der Waals surface area contributed by atoms with Crippen molar-refractivity contribution in [1.82, 2.24) is 4.90 Å². The lowest BCUT2D eigenvalue weighted by Crippen LogP contribution is -2.26. The van der Waals surface area contributed by atoms with Crippen LogP contribution in [0.3, 0.4) is 0 Å². The van der Waals surface area contributed by atoms with E-state index in [4.69, 9.17) is 9.47 Å². The lowest BCUT2D eigenvalue weighted by molar-refractivity contribution is 0.182. The number of β-amino-alcohol motifs (C(OH)–C–C–N with tert-alkyl or cyclic N) is 1. The molecule has 2 aromatic rings. The van der Waals surface area contributed by atoms with Gasteiger partial charge in [-0.15, -0.1) is 0 Å². The van der Waals surface area contributed by atoms with Gasteiger partial charge in [0.05, 0.1) is 19.8 Å². The first-order valence-electron chi connectivity index (χ1n) is 9.58. The second-order valence-electron chi connectivity index (χ2n) is 7.34. The minimum atomic E-state index is -0.400. The van der Waals surface area contributed by atoms with Crippen molar-refractivity contribution in [3.05, 3.63) is 59.2 Å². The average Bonchev–Trinajstić information content (AvgIpc) is 2.99. The summed E-state index contributed by atoms with van der Waals surface area (Å²) < 4.78 is 38.3. The fourth-order valence-electron chi connectivity index (χ4n) is 3.72. The molecule has 3 rings (SSSR count). The molecule has 0 unspecified atom stereocenters. The summed E-state index contributed by atoms with van der Waals surface area (Å²) >= 11 is 0. The molecule has 1 fully saturated rings. The molecule has 0 aliphatic carbocycles. The summed E-state index contributed by atoms with van der Waals surface area (Å²) in [5.41, 5.74) is 1.69. The predicted molar refractivity (Wildman–Crippen MR) is 104 cm³/mol. The van der Waals surface area contributed by atoms with Crippen molar-refractivity contribution in [2.45, 2.75) is 37.8 Å². The van der Waals surface area contributed by atoms with Gasteiger partial charge in [0.1, 0.15) is 11.6 Å². The van der Waals surface area contributed by atoms with Gasteiger partial charge in [-0.25, -0.2) is 8.78 Å². The molecule has 152 valence electrons. The zero-order chi connectivity index (χ0) is 20.1. The number of benzene rings is 2. The van der Waals surface area contributed by atoms with Gasteiger partial charge in [-0.1, -0.05) is 6.07 Å². The third-order valence-corrected chi connectivity index (χ3v) is 5.30. The quantitative estimate of drug-likeness (QED) is 0.747. The number of hydrogen-bond acceptors (Lipinski definition) is 4. The molecule has 6 heteroatoms. The van der Waals surface area contributed by atoms with Crippen molar-refractivity contribution in [3.63, 3.8) is 0 Å². The number of ether oxygens (including phenoxy) is 2. The molecule has 0 bridgehead atoms. The van der Waals surface area contributed by atoms with E-state index in [0.717, 1.165) is 24.0 Å². The monoisotopic (exact) mass is 391 g/mol. The van der Waals surface area contributed by atoms with Crippen LogP contribution >= 0.6 is 0 Å². The van der Waals surface area contributed by atoms with Crippen LogP contribution in [0.2, 0.25) is 0 Å². The summed E-state index contributed by atoms with van der Waals surface area (Å²) in [4.78, 5) is 2.14. The predicted octanol–water partition coefficient (Wildman–Crippen LogP) is 3.59. The Morgan fingerprint density at radius 1 is 1.11 bits per heavy atom. The Kier molecular flexibility index (Phi) is 6.86. The van der Waals surface area contributed by atoms with Crippen molar-refractivity contribution in [3.8, 4) is 11.5 Å². The van der Waals surface area contributed by atoms with Crippen molar-refractivity contribution < 1.29 is 23.4 Å². The SMILES string of the molecule is COc1cc(CCc2cc(F)ccc2OCC[C@@H]2C[C@@H](O)CN2C)ccc1F. The maximum absolute atomic E-state index is 13.7. The second kappa shape index (κ2) is 9.34. The van der Waals surface area contributed by atoms with Gasteiger partial charge in [0.25, 0.3) is 0 Å². The highest BCUT2D eigenvalue weighted by Gasteiger charge is 2.27. The number of aliphatic hydroxyl groups excluding tert-OH is 1. The third kappa shape index (κ3) is 5.20. The highest BCUT2D eigenvalue weighted by molar-refractivity contribution is 5.36. The van der Waals surface area contributed by atoms with Crippen LogP contribution < -0.4 is 9.47 Å². The van der Waals surface area contributed by atoms with E-state index in [1.54, 1.807) is 18.2 Å². The number of likely N-dealkylation sites (N-methyl/N-ethyl adjacent to an activating group) is 1. The van der Waals surface area contributed by atoms with Crippen LogP contribution in [0.15, 0.2) is 36.4 Å². The number of aliphatic hydroxyl groups is 1. The number of aryl methyl sites for hydroxylation is 2. The molecule has 0 spiro atoms. The van der Waals surface area contributed by atoms with Crippen LogP contribution in [0.4, 0.5) is 8.78 Å². The molecule has 1 saturated heterocycles. The number of hydrogen-bond donors (Lipinski definition) is 1. The first-order valence-corrected chi connectivity index (χ1v) is 9.58. The van der Waals surface area contributed by atoms with Crippen LogP contribution in [-0.4, -0.2) is 49.5 Å². The Morgan fingerprint density at radius 2 is 1.93 bits per heavy atom. The molecule has 0 amide bonds. The number of methoxy groups -OCH3 is 1. The molecule has 2 atom stereocenters. The standard InChI is InChI=1S/C22H27F2NO3/c1-25-14-19(26)13-18(25)9-10-28-21-8-6-17(23)12-16(21)5-3-15-4-7-20(24)22(11-15)27-2/h4,6-8,11-12,18-19,26H,3,5,9-10,13-14H2,1-2H3/t18-,19-/m1/s1. The van der Waals surface area contributed by atoms with E-state index in [1.165, 1.54) is 25.3 Å². The Hall–Kier alpha value is -2.18. The summed E-state index contributed by atoms with van der Waals surface area (Å²) in [6.45, 7) is 1.19. The molecule has 1 heterocycles. The Balaban J connectivity index is 1.60. The fraction of sp³-hybridized carbons (Fsp3) is 0.455. The van der Waals surface area contributed by atoms with Gasteiger partial charge in [-0.3, -0.25) is 0 Å². The third-order valence-electron chi connectivity index (χ3n) is 5.30. The molecule has 0 radical (unpaired) electrons. The van der Waals surface area contributed by atoms with E-state index in [0.29, 0.717) is 37.8 Å². The fourth-order valence-corrected chi connectivity index (χ4v) is 3.72. The normalized spacial score (nSPS) is 19.8.